The van der Waals surface area contributed by atoms with Gasteiger partial charge in [-0.1, -0.05) is 42.1 Å². The average Bonchev–Trinajstić information content (AvgIpc) is 3.34. The van der Waals surface area contributed by atoms with Gasteiger partial charge in [0, 0.05) is 17.7 Å². The van der Waals surface area contributed by atoms with E-state index >= 15 is 0 Å². The number of nitrogens with one attached hydrogen (secondary N) is 1. The molecule has 0 saturated heterocycles. The lowest BCUT2D eigenvalue weighted by molar-refractivity contribution is 0.415. The number of H-pyrrole nitrogens is 1. The number of aryl methyl sites for hydroxylation is 1. The first-order valence-electron chi connectivity index (χ1n) is 8.90. The van der Waals surface area contributed by atoms with E-state index in [0.717, 1.165) is 34.3 Å². The maximum Gasteiger partial charge on any atom is 0.247 e. The first-order valence-corrected chi connectivity index (χ1v) is 9.89. The Labute approximate surface area is 167 Å². The number of ether oxygens (including phenoxy) is 1. The van der Waals surface area contributed by atoms with Crippen LogP contribution in [0.1, 0.15) is 22.8 Å². The summed E-state index contributed by atoms with van der Waals surface area (Å²) in [5.41, 5.74) is 4.24. The van der Waals surface area contributed by atoms with E-state index in [4.69, 9.17) is 14.1 Å². The SMILES string of the molecule is COc1ccc(-c2nnc(CSc3nc(Cc4ccccc4)c(C)[nH]3)o2)cc1. The van der Waals surface area contributed by atoms with Gasteiger partial charge in [0.1, 0.15) is 5.75 Å². The Morgan fingerprint density at radius 3 is 2.57 bits per heavy atom. The van der Waals surface area contributed by atoms with Crippen molar-refractivity contribution in [2.45, 2.75) is 24.3 Å². The predicted octanol–water partition coefficient (Wildman–Crippen LogP) is 4.66. The minimum Gasteiger partial charge on any atom is -0.497 e. The lowest BCUT2D eigenvalue weighted by Gasteiger charge is -1.99. The van der Waals surface area contributed by atoms with E-state index in [2.05, 4.69) is 27.3 Å². The highest BCUT2D eigenvalue weighted by Crippen LogP contribution is 2.25. The van der Waals surface area contributed by atoms with Gasteiger partial charge in [0.25, 0.3) is 0 Å². The predicted molar refractivity (Wildman–Crippen MR) is 108 cm³/mol. The third kappa shape index (κ3) is 4.26. The maximum atomic E-state index is 5.77. The lowest BCUT2D eigenvalue weighted by Crippen LogP contribution is -1.90. The quantitative estimate of drug-likeness (QED) is 0.461. The molecule has 7 heteroatoms. The summed E-state index contributed by atoms with van der Waals surface area (Å²) in [6.45, 7) is 2.05. The van der Waals surface area contributed by atoms with Crippen LogP contribution in [0.2, 0.25) is 0 Å². The van der Waals surface area contributed by atoms with Crippen molar-refractivity contribution in [1.82, 2.24) is 20.2 Å². The monoisotopic (exact) mass is 392 g/mol. The van der Waals surface area contributed by atoms with Crippen LogP contribution >= 0.6 is 11.8 Å². The summed E-state index contributed by atoms with van der Waals surface area (Å²) in [6, 6.07) is 17.9. The molecule has 0 bridgehead atoms. The molecule has 0 unspecified atom stereocenters. The van der Waals surface area contributed by atoms with Crippen molar-refractivity contribution in [3.05, 3.63) is 77.4 Å². The van der Waals surface area contributed by atoms with Crippen LogP contribution in [0, 0.1) is 6.92 Å². The highest BCUT2D eigenvalue weighted by Gasteiger charge is 2.12. The molecule has 0 aliphatic heterocycles. The van der Waals surface area contributed by atoms with E-state index in [1.807, 2.05) is 49.4 Å². The zero-order chi connectivity index (χ0) is 19.3. The second-order valence-electron chi connectivity index (χ2n) is 6.29. The number of rotatable bonds is 7. The Morgan fingerprint density at radius 1 is 1.04 bits per heavy atom. The molecule has 2 aromatic heterocycles. The number of aromatic amines is 1. The molecular weight excluding hydrogens is 372 g/mol. The van der Waals surface area contributed by atoms with E-state index in [-0.39, 0.29) is 0 Å². The van der Waals surface area contributed by atoms with Crippen molar-refractivity contribution < 1.29 is 9.15 Å². The molecule has 0 atom stereocenters. The van der Waals surface area contributed by atoms with Crippen molar-refractivity contribution >= 4 is 11.8 Å². The average molecular weight is 392 g/mol. The van der Waals surface area contributed by atoms with Gasteiger partial charge in [-0.3, -0.25) is 0 Å². The first-order chi connectivity index (χ1) is 13.7. The zero-order valence-electron chi connectivity index (χ0n) is 15.7. The van der Waals surface area contributed by atoms with Crippen LogP contribution in [0.3, 0.4) is 0 Å². The van der Waals surface area contributed by atoms with Crippen molar-refractivity contribution in [2.24, 2.45) is 0 Å². The van der Waals surface area contributed by atoms with Crippen LogP contribution in [0.25, 0.3) is 11.5 Å². The Bertz CT molecular complexity index is 1040. The van der Waals surface area contributed by atoms with Gasteiger partial charge in [-0.15, -0.1) is 10.2 Å². The van der Waals surface area contributed by atoms with E-state index in [9.17, 15) is 0 Å². The van der Waals surface area contributed by atoms with Crippen LogP contribution in [0.15, 0.2) is 64.2 Å². The van der Waals surface area contributed by atoms with Crippen molar-refractivity contribution in [1.29, 1.82) is 0 Å². The molecule has 0 aliphatic rings. The number of nitrogens with zero attached hydrogens (tertiary/aromatic N) is 3. The molecule has 4 aromatic rings. The van der Waals surface area contributed by atoms with Crippen LogP contribution in [-0.2, 0) is 12.2 Å². The number of methoxy groups -OCH3 is 1. The van der Waals surface area contributed by atoms with Gasteiger partial charge in [0.15, 0.2) is 5.16 Å². The first kappa shape index (κ1) is 18.3. The van der Waals surface area contributed by atoms with Gasteiger partial charge in [0.05, 0.1) is 18.6 Å². The van der Waals surface area contributed by atoms with Gasteiger partial charge in [-0.05, 0) is 36.8 Å². The summed E-state index contributed by atoms with van der Waals surface area (Å²) in [4.78, 5) is 8.04. The van der Waals surface area contributed by atoms with Gasteiger partial charge >= 0.3 is 0 Å². The third-order valence-electron chi connectivity index (χ3n) is 4.31. The standard InChI is InChI=1S/C21H20N4O2S/c1-14-18(12-15-6-4-3-5-7-15)23-21(22-14)28-13-19-24-25-20(27-19)16-8-10-17(26-2)11-9-16/h3-11H,12-13H2,1-2H3,(H,22,23). The fourth-order valence-corrected chi connectivity index (χ4v) is 3.57. The largest absolute Gasteiger partial charge is 0.497 e. The summed E-state index contributed by atoms with van der Waals surface area (Å²) < 4.78 is 10.9. The summed E-state index contributed by atoms with van der Waals surface area (Å²) in [5, 5.41) is 9.12. The van der Waals surface area contributed by atoms with Gasteiger partial charge in [-0.2, -0.15) is 0 Å². The number of benzene rings is 2. The van der Waals surface area contributed by atoms with E-state index < -0.39 is 0 Å². The van der Waals surface area contributed by atoms with Crippen molar-refractivity contribution in [3.8, 4) is 17.2 Å². The molecule has 0 radical (unpaired) electrons. The van der Waals surface area contributed by atoms with Gasteiger partial charge in [-0.25, -0.2) is 4.98 Å². The normalized spacial score (nSPS) is 10.9. The minimum atomic E-state index is 0.499. The van der Waals surface area contributed by atoms with Crippen molar-refractivity contribution in [2.75, 3.05) is 7.11 Å². The molecule has 0 amide bonds. The van der Waals surface area contributed by atoms with Crippen LogP contribution < -0.4 is 4.74 Å². The Morgan fingerprint density at radius 2 is 1.82 bits per heavy atom. The molecule has 0 fully saturated rings. The van der Waals surface area contributed by atoms with Gasteiger partial charge in [0.2, 0.25) is 11.8 Å². The van der Waals surface area contributed by atoms with E-state index in [0.29, 0.717) is 17.5 Å². The Hall–Kier alpha value is -3.06. The summed E-state index contributed by atoms with van der Waals surface area (Å²) in [7, 11) is 1.64. The molecule has 6 nitrogen and oxygen atoms in total. The molecule has 2 aromatic carbocycles. The number of imidazole rings is 1. The smallest absolute Gasteiger partial charge is 0.247 e. The molecule has 2 heterocycles. The number of thioether (sulfide) groups is 1. The van der Waals surface area contributed by atoms with E-state index in [1.54, 1.807) is 18.9 Å². The van der Waals surface area contributed by atoms with Crippen molar-refractivity contribution in [3.63, 3.8) is 0 Å². The summed E-state index contributed by atoms with van der Waals surface area (Å²) in [5.74, 6) is 2.41. The molecular formula is C21H20N4O2S. The molecule has 142 valence electrons. The molecule has 28 heavy (non-hydrogen) atoms. The topological polar surface area (TPSA) is 76.8 Å². The second-order valence-corrected chi connectivity index (χ2v) is 7.26. The Kier molecular flexibility index (Phi) is 5.43. The number of aromatic nitrogens is 4. The number of hydrogen-bond donors (Lipinski definition) is 1. The minimum absolute atomic E-state index is 0.499. The molecule has 0 spiro atoms. The molecule has 1 N–H and O–H groups in total. The number of hydrogen-bond acceptors (Lipinski definition) is 6. The van der Waals surface area contributed by atoms with E-state index in [1.165, 1.54) is 5.56 Å². The maximum absolute atomic E-state index is 5.77. The fourth-order valence-electron chi connectivity index (χ4n) is 2.79. The second kappa shape index (κ2) is 8.31. The van der Waals surface area contributed by atoms with Gasteiger partial charge < -0.3 is 14.1 Å². The zero-order valence-corrected chi connectivity index (χ0v) is 16.5. The Balaban J connectivity index is 1.39. The highest BCUT2D eigenvalue weighted by molar-refractivity contribution is 7.98. The molecule has 4 rings (SSSR count). The molecule has 0 aliphatic carbocycles. The van der Waals surface area contributed by atoms with Crippen LogP contribution in [0.5, 0.6) is 5.75 Å². The lowest BCUT2D eigenvalue weighted by atomic mass is 10.1. The third-order valence-corrected chi connectivity index (χ3v) is 5.17. The van der Waals surface area contributed by atoms with Crippen LogP contribution in [-0.4, -0.2) is 27.3 Å². The highest BCUT2D eigenvalue weighted by atomic mass is 32.2. The molecule has 0 saturated carbocycles. The fraction of sp³-hybridized carbons (Fsp3) is 0.190. The summed E-state index contributed by atoms with van der Waals surface area (Å²) in [6.07, 6.45) is 0.811. The van der Waals surface area contributed by atoms with Crippen LogP contribution in [0.4, 0.5) is 0 Å². The summed E-state index contributed by atoms with van der Waals surface area (Å²) >= 11 is 1.55.